The zero-order valence-electron chi connectivity index (χ0n) is 9.22. The Labute approximate surface area is 110 Å². The summed E-state index contributed by atoms with van der Waals surface area (Å²) in [6, 6.07) is -1.25. The van der Waals surface area contributed by atoms with Crippen LogP contribution in [0.3, 0.4) is 0 Å². The number of rotatable bonds is 5. The van der Waals surface area contributed by atoms with Gasteiger partial charge in [0.05, 0.1) is 12.6 Å². The lowest BCUT2D eigenvalue weighted by Crippen LogP contribution is -2.52. The van der Waals surface area contributed by atoms with Crippen LogP contribution in [0.25, 0.3) is 0 Å². The molecule has 0 aliphatic carbocycles. The van der Waals surface area contributed by atoms with Crippen LogP contribution in [-0.2, 0) is 4.79 Å². The summed E-state index contributed by atoms with van der Waals surface area (Å²) in [6.45, 7) is 0.453. The van der Waals surface area contributed by atoms with E-state index < -0.39 is 36.7 Å². The number of thiol groups is 1. The van der Waals surface area contributed by atoms with E-state index in [1.807, 2.05) is 0 Å². The maximum absolute atomic E-state index is 10.7. The number of carbonyl (C=O) groups is 1. The Morgan fingerprint density at radius 1 is 1.35 bits per heavy atom. The third-order valence-corrected chi connectivity index (χ3v) is 1.77. The highest BCUT2D eigenvalue weighted by atomic mass is 32.1. The Kier molecular flexibility index (Phi) is 10.9. The van der Waals surface area contributed by atoms with Crippen molar-refractivity contribution in [1.29, 1.82) is 0 Å². The predicted molar refractivity (Wildman–Crippen MR) is 69.5 cm³/mol. The summed E-state index contributed by atoms with van der Waals surface area (Å²) in [6.07, 6.45) is -4.69. The second kappa shape index (κ2) is 9.71. The van der Waals surface area contributed by atoms with Crippen LogP contribution in [0.1, 0.15) is 6.92 Å². The fourth-order valence-corrected chi connectivity index (χ4v) is 0.789. The van der Waals surface area contributed by atoms with Crippen molar-refractivity contribution in [2.24, 2.45) is 11.5 Å². The summed E-state index contributed by atoms with van der Waals surface area (Å²) < 4.78 is 0.194. The summed E-state index contributed by atoms with van der Waals surface area (Å²) in [4.78, 5) is 10.7. The van der Waals surface area contributed by atoms with Crippen LogP contribution in [0, 0.1) is 0 Å². The van der Waals surface area contributed by atoms with E-state index in [0.717, 1.165) is 6.92 Å². The molecule has 0 spiro atoms. The van der Waals surface area contributed by atoms with Gasteiger partial charge in [0.25, 0.3) is 0 Å². The molecule has 7 nitrogen and oxygen atoms in total. The molecule has 9 heteroatoms. The molecule has 17 heavy (non-hydrogen) atoms. The lowest BCUT2D eigenvalue weighted by atomic mass is 9.99. The quantitative estimate of drug-likeness (QED) is 0.211. The van der Waals surface area contributed by atoms with Crippen LogP contribution in [0.2, 0.25) is 0 Å². The van der Waals surface area contributed by atoms with Crippen molar-refractivity contribution >= 4 is 35.0 Å². The minimum Gasteiger partial charge on any atom is -0.394 e. The molecule has 0 radical (unpaired) electrons. The second-order valence-electron chi connectivity index (χ2n) is 3.21. The van der Waals surface area contributed by atoms with Gasteiger partial charge in [-0.25, -0.2) is 0 Å². The van der Waals surface area contributed by atoms with Crippen molar-refractivity contribution in [1.82, 2.24) is 0 Å². The van der Waals surface area contributed by atoms with Gasteiger partial charge in [-0.05, 0) is 6.92 Å². The van der Waals surface area contributed by atoms with E-state index in [-0.39, 0.29) is 4.32 Å². The molecule has 0 aromatic heterocycles. The molecule has 0 amide bonds. The summed E-state index contributed by atoms with van der Waals surface area (Å²) >= 11 is 7.65. The van der Waals surface area contributed by atoms with Crippen molar-refractivity contribution in [2.45, 2.75) is 31.3 Å². The highest BCUT2D eigenvalue weighted by molar-refractivity contribution is 8.10. The number of hydrogen-bond donors (Lipinski definition) is 7. The van der Waals surface area contributed by atoms with Crippen LogP contribution >= 0.6 is 24.8 Å². The monoisotopic (exact) mass is 286 g/mol. The first kappa shape index (κ1) is 19.1. The smallest absolute Gasteiger partial charge is 0.149 e. The summed E-state index contributed by atoms with van der Waals surface area (Å²) in [5.41, 5.74) is 9.91. The Morgan fingerprint density at radius 2 is 1.71 bits per heavy atom. The van der Waals surface area contributed by atoms with Gasteiger partial charge in [0.1, 0.15) is 28.4 Å². The molecule has 0 aromatic carbocycles. The molecule has 0 aromatic rings. The van der Waals surface area contributed by atoms with E-state index in [0.29, 0.717) is 0 Å². The normalized spacial score (nSPS) is 17.1. The van der Waals surface area contributed by atoms with Crippen molar-refractivity contribution in [3.05, 3.63) is 0 Å². The van der Waals surface area contributed by atoms with Crippen molar-refractivity contribution in [3.63, 3.8) is 0 Å². The van der Waals surface area contributed by atoms with E-state index in [1.165, 1.54) is 0 Å². The molecular weight excluding hydrogens is 268 g/mol. The zero-order valence-corrected chi connectivity index (χ0v) is 10.9. The van der Waals surface area contributed by atoms with E-state index >= 15 is 0 Å². The maximum atomic E-state index is 10.7. The van der Waals surface area contributed by atoms with Gasteiger partial charge >= 0.3 is 0 Å². The molecule has 0 unspecified atom stereocenters. The van der Waals surface area contributed by atoms with E-state index in [1.54, 1.807) is 0 Å². The number of ketones is 1. The van der Waals surface area contributed by atoms with Gasteiger partial charge in [0, 0.05) is 0 Å². The lowest BCUT2D eigenvalue weighted by molar-refractivity contribution is -0.127. The fraction of sp³-hybridized carbons (Fsp3) is 0.750. The van der Waals surface area contributed by atoms with Crippen LogP contribution in [0.5, 0.6) is 0 Å². The second-order valence-corrected chi connectivity index (χ2v) is 4.43. The number of carbonyl (C=O) groups excluding carboxylic acids is 1. The van der Waals surface area contributed by atoms with Crippen LogP contribution < -0.4 is 11.5 Å². The number of thiocarbonyl (C=S) groups is 1. The Bertz CT molecular complexity index is 250. The Morgan fingerprint density at radius 3 is 1.94 bits per heavy atom. The number of Topliss-reactive ketones (excluding diaryl/α,β-unsaturated/α-hetero) is 1. The average Bonchev–Trinajstić information content (AvgIpc) is 2.23. The number of hydrogen-bond acceptors (Lipinski definition) is 7. The van der Waals surface area contributed by atoms with Crippen LogP contribution in [0.4, 0.5) is 0 Å². The van der Waals surface area contributed by atoms with Gasteiger partial charge in [-0.15, -0.1) is 12.6 Å². The molecule has 8 N–H and O–H groups in total. The first-order chi connectivity index (χ1) is 7.64. The highest BCUT2D eigenvalue weighted by Crippen LogP contribution is 2.03. The van der Waals surface area contributed by atoms with Gasteiger partial charge in [0.2, 0.25) is 0 Å². The number of aliphatic hydroxyl groups is 4. The molecule has 0 rings (SSSR count). The molecule has 0 fully saturated rings. The van der Waals surface area contributed by atoms with Gasteiger partial charge < -0.3 is 31.9 Å². The third kappa shape index (κ3) is 9.41. The van der Waals surface area contributed by atoms with Gasteiger partial charge in [-0.2, -0.15) is 0 Å². The minimum atomic E-state index is -1.62. The largest absolute Gasteiger partial charge is 0.394 e. The summed E-state index contributed by atoms with van der Waals surface area (Å²) in [5.74, 6) is -0.503. The zero-order chi connectivity index (χ0) is 14.2. The maximum Gasteiger partial charge on any atom is 0.149 e. The minimum absolute atomic E-state index is 0.194. The van der Waals surface area contributed by atoms with E-state index in [4.69, 9.17) is 26.8 Å². The fourth-order valence-electron chi connectivity index (χ4n) is 0.789. The molecule has 0 aliphatic heterocycles. The Hall–Kier alpha value is -0.290. The standard InChI is InChI=1S/C7H15NO5.CH3NS2/c1-3(10)5(8)7(13)6(12)4(11)2-9;2-1(3)4/h4-7,9,11-13H,2,8H2,1H3;(H3,2,3,4)/t4-,5+,6-,7-;/m1./s1. The highest BCUT2D eigenvalue weighted by Gasteiger charge is 2.30. The molecule has 0 saturated carbocycles. The average molecular weight is 286 g/mol. The van der Waals surface area contributed by atoms with Gasteiger partial charge in [-0.3, -0.25) is 4.79 Å². The van der Waals surface area contributed by atoms with E-state index in [2.05, 4.69) is 24.8 Å². The van der Waals surface area contributed by atoms with Crippen LogP contribution in [0.15, 0.2) is 0 Å². The lowest BCUT2D eigenvalue weighted by Gasteiger charge is -2.24. The van der Waals surface area contributed by atoms with Crippen molar-refractivity contribution < 1.29 is 25.2 Å². The first-order valence-corrected chi connectivity index (χ1v) is 5.40. The summed E-state index contributed by atoms with van der Waals surface area (Å²) in [7, 11) is 0. The molecule has 0 aliphatic rings. The topological polar surface area (TPSA) is 150 Å². The van der Waals surface area contributed by atoms with Gasteiger partial charge in [0.15, 0.2) is 0 Å². The SMILES string of the molecule is CC(=O)[C@H](N)[C@@H](O)[C@H](O)[C@H](O)CO.NC(=S)S. The third-order valence-electron chi connectivity index (χ3n) is 1.77. The predicted octanol–water partition coefficient (Wildman–Crippen LogP) is -2.86. The molecule has 102 valence electrons. The first-order valence-electron chi connectivity index (χ1n) is 4.54. The Balaban J connectivity index is 0. The molecule has 0 heterocycles. The molecular formula is C8H18N2O5S2. The van der Waals surface area contributed by atoms with Crippen molar-refractivity contribution in [2.75, 3.05) is 6.61 Å². The van der Waals surface area contributed by atoms with E-state index in [9.17, 15) is 9.90 Å². The summed E-state index contributed by atoms with van der Waals surface area (Å²) in [5, 5.41) is 35.6. The number of aliphatic hydroxyl groups excluding tert-OH is 4. The number of nitrogens with two attached hydrogens (primary N) is 2. The molecule has 0 bridgehead atoms. The van der Waals surface area contributed by atoms with Crippen LogP contribution in [-0.4, -0.2) is 61.5 Å². The molecule has 4 atom stereocenters. The van der Waals surface area contributed by atoms with Gasteiger partial charge in [-0.1, -0.05) is 12.2 Å². The molecule has 0 saturated heterocycles. The van der Waals surface area contributed by atoms with Crippen molar-refractivity contribution in [3.8, 4) is 0 Å².